The molecule has 1 aromatic heterocycles. The molecule has 2 heterocycles. The van der Waals surface area contributed by atoms with Crippen molar-refractivity contribution in [3.8, 4) is 0 Å². The third-order valence-electron chi connectivity index (χ3n) is 5.85. The van der Waals surface area contributed by atoms with Crippen molar-refractivity contribution in [2.24, 2.45) is 5.92 Å². The molecule has 1 fully saturated rings. The van der Waals surface area contributed by atoms with Crippen LogP contribution in [0.15, 0.2) is 41.8 Å². The van der Waals surface area contributed by atoms with E-state index < -0.39 is 0 Å². The summed E-state index contributed by atoms with van der Waals surface area (Å²) in [5.74, 6) is 0.358. The predicted molar refractivity (Wildman–Crippen MR) is 108 cm³/mol. The highest BCUT2D eigenvalue weighted by Crippen LogP contribution is 2.31. The smallest absolute Gasteiger partial charge is 0.264 e. The van der Waals surface area contributed by atoms with Gasteiger partial charge in [-0.15, -0.1) is 11.3 Å². The zero-order valence-corrected chi connectivity index (χ0v) is 16.3. The van der Waals surface area contributed by atoms with Crippen molar-refractivity contribution in [1.82, 2.24) is 10.2 Å². The maximum absolute atomic E-state index is 13.1. The molecule has 0 radical (unpaired) electrons. The van der Waals surface area contributed by atoms with Crippen LogP contribution in [0.1, 0.15) is 58.9 Å². The van der Waals surface area contributed by atoms with Crippen molar-refractivity contribution in [3.63, 3.8) is 0 Å². The Labute approximate surface area is 164 Å². The number of nitrogens with zero attached hydrogens (tertiary/aromatic N) is 1. The van der Waals surface area contributed by atoms with Crippen LogP contribution in [0.5, 0.6) is 0 Å². The Morgan fingerprint density at radius 1 is 1.07 bits per heavy atom. The topological polar surface area (TPSA) is 49.4 Å². The molecular formula is C22H26N2O2S. The first-order chi connectivity index (χ1) is 13.2. The van der Waals surface area contributed by atoms with E-state index in [0.717, 1.165) is 42.5 Å². The SMILES string of the molecule is O=C(NCC1c2ccccc2CCN1C(=O)c1cccs1)C1CCCCC1. The lowest BCUT2D eigenvalue weighted by atomic mass is 9.88. The van der Waals surface area contributed by atoms with Crippen molar-refractivity contribution < 1.29 is 9.59 Å². The van der Waals surface area contributed by atoms with Gasteiger partial charge in [0.15, 0.2) is 0 Å². The standard InChI is InChI=1S/C22H26N2O2S/c25-21(17-8-2-1-3-9-17)23-15-19-18-10-5-4-7-16(18)12-13-24(19)22(26)20-11-6-14-27-20/h4-7,10-11,14,17,19H,1-3,8-9,12-13,15H2,(H,23,25). The van der Waals surface area contributed by atoms with Crippen molar-refractivity contribution in [2.75, 3.05) is 13.1 Å². The molecule has 1 aromatic carbocycles. The zero-order valence-electron chi connectivity index (χ0n) is 15.5. The molecule has 1 unspecified atom stereocenters. The van der Waals surface area contributed by atoms with E-state index in [9.17, 15) is 9.59 Å². The molecule has 2 aromatic rings. The van der Waals surface area contributed by atoms with Crippen molar-refractivity contribution in [2.45, 2.75) is 44.6 Å². The highest BCUT2D eigenvalue weighted by atomic mass is 32.1. The average molecular weight is 383 g/mol. The molecule has 2 amide bonds. The number of thiophene rings is 1. The Kier molecular flexibility index (Phi) is 5.58. The molecule has 1 saturated carbocycles. The van der Waals surface area contributed by atoms with Crippen LogP contribution in [0.25, 0.3) is 0 Å². The van der Waals surface area contributed by atoms with Gasteiger partial charge in [-0.3, -0.25) is 9.59 Å². The minimum atomic E-state index is -0.0999. The molecule has 1 atom stereocenters. The summed E-state index contributed by atoms with van der Waals surface area (Å²) in [5, 5.41) is 5.10. The first-order valence-corrected chi connectivity index (χ1v) is 10.8. The number of nitrogens with one attached hydrogen (secondary N) is 1. The fraction of sp³-hybridized carbons (Fsp3) is 0.455. The van der Waals surface area contributed by atoms with Gasteiger partial charge in [-0.1, -0.05) is 49.6 Å². The van der Waals surface area contributed by atoms with E-state index in [0.29, 0.717) is 13.1 Å². The Morgan fingerprint density at radius 3 is 2.67 bits per heavy atom. The number of carbonyl (C=O) groups excluding carboxylic acids is 2. The summed E-state index contributed by atoms with van der Waals surface area (Å²) in [6.45, 7) is 1.18. The lowest BCUT2D eigenvalue weighted by Crippen LogP contribution is -2.46. The summed E-state index contributed by atoms with van der Waals surface area (Å²) < 4.78 is 0. The summed E-state index contributed by atoms with van der Waals surface area (Å²) in [6.07, 6.45) is 6.37. The van der Waals surface area contributed by atoms with Crippen LogP contribution in [-0.2, 0) is 11.2 Å². The van der Waals surface area contributed by atoms with E-state index in [4.69, 9.17) is 0 Å². The van der Waals surface area contributed by atoms with Crippen LogP contribution >= 0.6 is 11.3 Å². The fourth-order valence-corrected chi connectivity index (χ4v) is 5.04. The van der Waals surface area contributed by atoms with E-state index in [1.54, 1.807) is 0 Å². The van der Waals surface area contributed by atoms with Crippen LogP contribution in [0.4, 0.5) is 0 Å². The molecule has 0 bridgehead atoms. The quantitative estimate of drug-likeness (QED) is 0.862. The van der Waals surface area contributed by atoms with E-state index in [1.165, 1.54) is 23.3 Å². The number of carbonyl (C=O) groups is 2. The summed E-state index contributed by atoms with van der Waals surface area (Å²) in [5.41, 5.74) is 2.45. The molecule has 27 heavy (non-hydrogen) atoms. The van der Waals surface area contributed by atoms with E-state index in [1.807, 2.05) is 34.5 Å². The molecular weight excluding hydrogens is 356 g/mol. The van der Waals surface area contributed by atoms with E-state index in [2.05, 4.69) is 17.4 Å². The maximum Gasteiger partial charge on any atom is 0.264 e. The number of hydrogen-bond acceptors (Lipinski definition) is 3. The zero-order chi connectivity index (χ0) is 18.6. The van der Waals surface area contributed by atoms with Crippen molar-refractivity contribution in [1.29, 1.82) is 0 Å². The molecule has 4 nitrogen and oxygen atoms in total. The molecule has 1 aliphatic heterocycles. The second-order valence-corrected chi connectivity index (χ2v) is 8.47. The molecule has 1 aliphatic carbocycles. The van der Waals surface area contributed by atoms with Crippen LogP contribution in [0, 0.1) is 5.92 Å². The third kappa shape index (κ3) is 3.93. The Balaban J connectivity index is 1.53. The van der Waals surface area contributed by atoms with Gasteiger partial charge < -0.3 is 10.2 Å². The first-order valence-electron chi connectivity index (χ1n) is 9.94. The lowest BCUT2D eigenvalue weighted by molar-refractivity contribution is -0.126. The summed E-state index contributed by atoms with van der Waals surface area (Å²) in [4.78, 5) is 28.4. The average Bonchev–Trinajstić information content (AvgIpc) is 3.26. The van der Waals surface area contributed by atoms with Crippen molar-refractivity contribution >= 4 is 23.2 Å². The first kappa shape index (κ1) is 18.2. The number of benzene rings is 1. The Hall–Kier alpha value is -2.14. The van der Waals surface area contributed by atoms with Gasteiger partial charge in [0, 0.05) is 19.0 Å². The number of amides is 2. The Bertz CT molecular complexity index is 796. The minimum Gasteiger partial charge on any atom is -0.353 e. The van der Waals surface area contributed by atoms with Gasteiger partial charge in [0.25, 0.3) is 5.91 Å². The highest BCUT2D eigenvalue weighted by Gasteiger charge is 2.32. The molecule has 4 rings (SSSR count). The third-order valence-corrected chi connectivity index (χ3v) is 6.71. The van der Waals surface area contributed by atoms with Gasteiger partial charge in [0.1, 0.15) is 0 Å². The Morgan fingerprint density at radius 2 is 1.89 bits per heavy atom. The summed E-state index contributed by atoms with van der Waals surface area (Å²) in [7, 11) is 0. The van der Waals surface area contributed by atoms with Crippen LogP contribution in [-0.4, -0.2) is 29.8 Å². The fourth-order valence-electron chi connectivity index (χ4n) is 4.36. The van der Waals surface area contributed by atoms with Crippen LogP contribution in [0.3, 0.4) is 0 Å². The van der Waals surface area contributed by atoms with Gasteiger partial charge in [-0.05, 0) is 41.8 Å². The number of rotatable bonds is 4. The predicted octanol–water partition coefficient (Wildman–Crippen LogP) is 4.18. The summed E-state index contributed by atoms with van der Waals surface area (Å²) in [6, 6.07) is 12.0. The van der Waals surface area contributed by atoms with Gasteiger partial charge in [-0.2, -0.15) is 0 Å². The molecule has 1 N–H and O–H groups in total. The van der Waals surface area contributed by atoms with Gasteiger partial charge in [-0.25, -0.2) is 0 Å². The lowest BCUT2D eigenvalue weighted by Gasteiger charge is -2.37. The largest absolute Gasteiger partial charge is 0.353 e. The van der Waals surface area contributed by atoms with Gasteiger partial charge in [0.2, 0.25) is 5.91 Å². The van der Waals surface area contributed by atoms with E-state index >= 15 is 0 Å². The number of fused-ring (bicyclic) bond motifs is 1. The molecule has 2 aliphatic rings. The van der Waals surface area contributed by atoms with Gasteiger partial charge >= 0.3 is 0 Å². The van der Waals surface area contributed by atoms with Crippen LogP contribution < -0.4 is 5.32 Å². The van der Waals surface area contributed by atoms with Crippen LogP contribution in [0.2, 0.25) is 0 Å². The van der Waals surface area contributed by atoms with Crippen molar-refractivity contribution in [3.05, 3.63) is 57.8 Å². The second kappa shape index (κ2) is 8.26. The van der Waals surface area contributed by atoms with E-state index in [-0.39, 0.29) is 23.8 Å². The number of hydrogen-bond donors (Lipinski definition) is 1. The minimum absolute atomic E-state index is 0.0661. The maximum atomic E-state index is 13.1. The monoisotopic (exact) mass is 382 g/mol. The molecule has 142 valence electrons. The molecule has 0 saturated heterocycles. The molecule has 0 spiro atoms. The molecule has 5 heteroatoms. The second-order valence-electron chi connectivity index (χ2n) is 7.52. The summed E-state index contributed by atoms with van der Waals surface area (Å²) >= 11 is 1.48. The normalized spacial score (nSPS) is 20.1. The highest BCUT2D eigenvalue weighted by molar-refractivity contribution is 7.12. The van der Waals surface area contributed by atoms with Gasteiger partial charge in [0.05, 0.1) is 10.9 Å².